The molecule has 6 heteroatoms. The maximum Gasteiger partial charge on any atom is 0.310 e. The van der Waals surface area contributed by atoms with Crippen LogP contribution < -0.4 is 5.32 Å². The van der Waals surface area contributed by atoms with Crippen LogP contribution in [0.4, 0.5) is 5.69 Å². The Morgan fingerprint density at radius 1 is 1.11 bits per heavy atom. The Bertz CT molecular complexity index is 1020. The minimum absolute atomic E-state index is 0.0358. The predicted octanol–water partition coefficient (Wildman–Crippen LogP) is 4.74. The summed E-state index contributed by atoms with van der Waals surface area (Å²) in [6.07, 6.45) is 1.59. The second kappa shape index (κ2) is 7.84. The van der Waals surface area contributed by atoms with Gasteiger partial charge >= 0.3 is 5.97 Å². The van der Waals surface area contributed by atoms with Gasteiger partial charge in [0.1, 0.15) is 5.58 Å². The molecule has 0 bridgehead atoms. The maximum absolute atomic E-state index is 12.1. The van der Waals surface area contributed by atoms with Crippen LogP contribution in [0.1, 0.15) is 22.3 Å². The highest BCUT2D eigenvalue weighted by atomic mass is 35.5. The van der Waals surface area contributed by atoms with Crippen LogP contribution in [0.15, 0.2) is 41.0 Å². The van der Waals surface area contributed by atoms with Crippen molar-refractivity contribution < 1.29 is 18.7 Å². The largest absolute Gasteiger partial charge is 0.464 e. The summed E-state index contributed by atoms with van der Waals surface area (Å²) in [5.41, 5.74) is 5.18. The molecule has 0 aliphatic heterocycles. The smallest absolute Gasteiger partial charge is 0.310 e. The second-order valence-corrected chi connectivity index (χ2v) is 6.97. The third-order valence-electron chi connectivity index (χ3n) is 4.37. The van der Waals surface area contributed by atoms with Gasteiger partial charge in [-0.05, 0) is 61.7 Å². The first kappa shape index (κ1) is 19.0. The summed E-state index contributed by atoms with van der Waals surface area (Å²) in [6.45, 7) is 5.53. The first-order chi connectivity index (χ1) is 12.8. The van der Waals surface area contributed by atoms with Crippen molar-refractivity contribution >= 4 is 40.1 Å². The van der Waals surface area contributed by atoms with E-state index >= 15 is 0 Å². The van der Waals surface area contributed by atoms with Gasteiger partial charge in [0.25, 0.3) is 5.91 Å². The minimum Gasteiger partial charge on any atom is -0.464 e. The monoisotopic (exact) mass is 385 g/mol. The van der Waals surface area contributed by atoms with Gasteiger partial charge in [0, 0.05) is 10.9 Å². The van der Waals surface area contributed by atoms with E-state index in [4.69, 9.17) is 20.8 Å². The van der Waals surface area contributed by atoms with Crippen LogP contribution in [0.5, 0.6) is 0 Å². The zero-order chi connectivity index (χ0) is 19.6. The third-order valence-corrected chi connectivity index (χ3v) is 4.68. The van der Waals surface area contributed by atoms with Gasteiger partial charge in [0.2, 0.25) is 0 Å². The summed E-state index contributed by atoms with van der Waals surface area (Å²) in [5, 5.41) is 3.94. The Kier molecular flexibility index (Phi) is 5.51. The van der Waals surface area contributed by atoms with Gasteiger partial charge in [-0.15, -0.1) is 0 Å². The zero-order valence-corrected chi connectivity index (χ0v) is 16.1. The van der Waals surface area contributed by atoms with Crippen molar-refractivity contribution in [3.05, 3.63) is 63.9 Å². The molecule has 3 rings (SSSR count). The molecule has 0 radical (unpaired) electrons. The van der Waals surface area contributed by atoms with Crippen molar-refractivity contribution in [3.63, 3.8) is 0 Å². The molecule has 1 N–H and O–H groups in total. The van der Waals surface area contributed by atoms with Gasteiger partial charge in [-0.1, -0.05) is 17.7 Å². The normalized spacial score (nSPS) is 10.8. The Hall–Kier alpha value is -2.79. The molecule has 1 heterocycles. The van der Waals surface area contributed by atoms with Gasteiger partial charge in [0.05, 0.1) is 23.4 Å². The number of nitrogens with one attached hydrogen (secondary N) is 1. The number of hydrogen-bond acceptors (Lipinski definition) is 4. The molecule has 0 aliphatic rings. The molecule has 0 aliphatic carbocycles. The van der Waals surface area contributed by atoms with E-state index in [9.17, 15) is 9.59 Å². The summed E-state index contributed by atoms with van der Waals surface area (Å²) >= 11 is 6.08. The first-order valence-corrected chi connectivity index (χ1v) is 8.90. The summed E-state index contributed by atoms with van der Waals surface area (Å²) < 4.78 is 10.6. The number of amides is 1. The quantitative estimate of drug-likeness (QED) is 0.644. The van der Waals surface area contributed by atoms with Crippen molar-refractivity contribution in [1.29, 1.82) is 0 Å². The van der Waals surface area contributed by atoms with E-state index in [1.54, 1.807) is 18.4 Å². The molecule has 0 saturated heterocycles. The fourth-order valence-electron chi connectivity index (χ4n) is 2.73. The molecular weight excluding hydrogens is 366 g/mol. The number of benzene rings is 2. The Balaban J connectivity index is 1.58. The van der Waals surface area contributed by atoms with Gasteiger partial charge in [-0.25, -0.2) is 0 Å². The van der Waals surface area contributed by atoms with Crippen LogP contribution in [-0.4, -0.2) is 18.5 Å². The summed E-state index contributed by atoms with van der Waals surface area (Å²) in [7, 11) is 0. The lowest BCUT2D eigenvalue weighted by Gasteiger charge is -2.08. The molecule has 0 atom stereocenters. The number of rotatable bonds is 5. The number of ether oxygens (including phenoxy) is 1. The fraction of sp³-hybridized carbons (Fsp3) is 0.238. The van der Waals surface area contributed by atoms with Crippen LogP contribution in [0.2, 0.25) is 5.02 Å². The average Bonchev–Trinajstić information content (AvgIpc) is 2.98. The number of carbonyl (C=O) groups excluding carboxylic acids is 2. The number of furan rings is 1. The van der Waals surface area contributed by atoms with Crippen molar-refractivity contribution in [2.24, 2.45) is 0 Å². The molecule has 140 valence electrons. The molecule has 2 aromatic carbocycles. The fourth-order valence-corrected chi connectivity index (χ4v) is 3.02. The molecule has 0 spiro atoms. The summed E-state index contributed by atoms with van der Waals surface area (Å²) in [6, 6.07) is 9.22. The number of aryl methyl sites for hydroxylation is 3. The Morgan fingerprint density at radius 3 is 2.59 bits per heavy atom. The van der Waals surface area contributed by atoms with Gasteiger partial charge in [-0.2, -0.15) is 0 Å². The van der Waals surface area contributed by atoms with Crippen molar-refractivity contribution in [2.75, 3.05) is 11.9 Å². The molecule has 5 nitrogen and oxygen atoms in total. The molecule has 27 heavy (non-hydrogen) atoms. The van der Waals surface area contributed by atoms with Crippen LogP contribution in [0.25, 0.3) is 11.0 Å². The molecule has 3 aromatic rings. The lowest BCUT2D eigenvalue weighted by atomic mass is 10.0. The van der Waals surface area contributed by atoms with Crippen molar-refractivity contribution in [1.82, 2.24) is 0 Å². The van der Waals surface area contributed by atoms with E-state index < -0.39 is 11.9 Å². The Labute approximate surface area is 162 Å². The van der Waals surface area contributed by atoms with Gasteiger partial charge in [0.15, 0.2) is 6.61 Å². The Morgan fingerprint density at radius 2 is 1.85 bits per heavy atom. The SMILES string of the molecule is Cc1ccc(NC(=O)COC(=O)Cc2coc3cc(C)c(C)cc23)c(Cl)c1. The lowest BCUT2D eigenvalue weighted by Crippen LogP contribution is -2.21. The van der Waals surface area contributed by atoms with Crippen LogP contribution in [0.3, 0.4) is 0 Å². The van der Waals surface area contributed by atoms with Crippen LogP contribution in [0, 0.1) is 20.8 Å². The van der Waals surface area contributed by atoms with Crippen LogP contribution in [-0.2, 0) is 20.7 Å². The van der Waals surface area contributed by atoms with Crippen molar-refractivity contribution in [2.45, 2.75) is 27.2 Å². The maximum atomic E-state index is 12.1. The third kappa shape index (κ3) is 4.49. The molecule has 1 amide bonds. The zero-order valence-electron chi connectivity index (χ0n) is 15.4. The van der Waals surface area contributed by atoms with Gasteiger partial charge in [-0.3, -0.25) is 9.59 Å². The topological polar surface area (TPSA) is 68.5 Å². The summed E-state index contributed by atoms with van der Waals surface area (Å²) in [4.78, 5) is 24.1. The highest BCUT2D eigenvalue weighted by Gasteiger charge is 2.14. The van der Waals surface area contributed by atoms with E-state index in [1.165, 1.54) is 0 Å². The molecular formula is C21H20ClNO4. The highest BCUT2D eigenvalue weighted by Crippen LogP contribution is 2.25. The highest BCUT2D eigenvalue weighted by molar-refractivity contribution is 6.33. The number of hydrogen-bond donors (Lipinski definition) is 1. The lowest BCUT2D eigenvalue weighted by molar-refractivity contribution is -0.146. The number of halogens is 1. The first-order valence-electron chi connectivity index (χ1n) is 8.52. The molecule has 0 unspecified atom stereocenters. The molecule has 0 fully saturated rings. The van der Waals surface area contributed by atoms with E-state index in [2.05, 4.69) is 5.32 Å². The molecule has 0 saturated carbocycles. The average molecular weight is 386 g/mol. The standard InChI is InChI=1S/C21H20ClNO4/c1-12-4-5-18(17(22)6-12)23-20(24)11-27-21(25)9-15-10-26-19-8-14(3)13(2)7-16(15)19/h4-8,10H,9,11H2,1-3H3,(H,23,24). The number of carbonyl (C=O) groups is 2. The van der Waals surface area contributed by atoms with Gasteiger partial charge < -0.3 is 14.5 Å². The second-order valence-electron chi connectivity index (χ2n) is 6.56. The van der Waals surface area contributed by atoms with E-state index in [0.29, 0.717) is 10.7 Å². The summed E-state index contributed by atoms with van der Waals surface area (Å²) in [5.74, 6) is -0.946. The van der Waals surface area contributed by atoms with E-state index in [0.717, 1.165) is 33.2 Å². The number of fused-ring (bicyclic) bond motifs is 1. The number of esters is 1. The van der Waals surface area contributed by atoms with Crippen LogP contribution >= 0.6 is 11.6 Å². The molecule has 1 aromatic heterocycles. The van der Waals surface area contributed by atoms with Crippen molar-refractivity contribution in [3.8, 4) is 0 Å². The number of anilines is 1. The minimum atomic E-state index is -0.499. The van der Waals surface area contributed by atoms with E-state index in [1.807, 2.05) is 39.0 Å². The predicted molar refractivity (Wildman–Crippen MR) is 105 cm³/mol. The van der Waals surface area contributed by atoms with E-state index in [-0.39, 0.29) is 13.0 Å².